The largest absolute Gasteiger partial charge is 0.491 e. The van der Waals surface area contributed by atoms with E-state index in [1.54, 1.807) is 48.8 Å². The summed E-state index contributed by atoms with van der Waals surface area (Å²) in [6.07, 6.45) is 1.75. The van der Waals surface area contributed by atoms with Crippen LogP contribution in [0.2, 0.25) is 0 Å². The van der Waals surface area contributed by atoms with Crippen molar-refractivity contribution >= 4 is 29.1 Å². The molecule has 0 bridgehead atoms. The summed E-state index contributed by atoms with van der Waals surface area (Å²) in [5.41, 5.74) is 2.68. The third-order valence-corrected chi connectivity index (χ3v) is 8.17. The number of nitrogens with zero attached hydrogens (tertiary/aromatic N) is 3. The third-order valence-electron chi connectivity index (χ3n) is 7.19. The Balaban J connectivity index is 1.51. The Kier molecular flexibility index (Phi) is 10.2. The molecule has 11 nitrogen and oxygen atoms in total. The molecule has 0 radical (unpaired) electrons. The summed E-state index contributed by atoms with van der Waals surface area (Å²) in [6.45, 7) is 9.97. The fourth-order valence-corrected chi connectivity index (χ4v) is 6.18. The van der Waals surface area contributed by atoms with Crippen LogP contribution in [0.1, 0.15) is 57.4 Å². The van der Waals surface area contributed by atoms with Crippen LogP contribution in [-0.2, 0) is 16.1 Å². The molecule has 4 aromatic rings. The molecule has 1 aliphatic heterocycles. The normalized spacial score (nSPS) is 14.4. The van der Waals surface area contributed by atoms with Crippen molar-refractivity contribution < 1.29 is 28.7 Å². The van der Waals surface area contributed by atoms with E-state index in [0.29, 0.717) is 50.0 Å². The molecule has 0 saturated carbocycles. The Bertz CT molecular complexity index is 1990. The van der Waals surface area contributed by atoms with Gasteiger partial charge in [-0.1, -0.05) is 29.5 Å². The summed E-state index contributed by atoms with van der Waals surface area (Å²) in [5, 5.41) is 11.0. The quantitative estimate of drug-likeness (QED) is 0.111. The summed E-state index contributed by atoms with van der Waals surface area (Å²) in [4.78, 5) is 42.9. The van der Waals surface area contributed by atoms with E-state index in [9.17, 15) is 19.7 Å². The van der Waals surface area contributed by atoms with E-state index in [1.807, 2.05) is 51.1 Å². The lowest BCUT2D eigenvalue weighted by molar-refractivity contribution is -0.384. The van der Waals surface area contributed by atoms with Gasteiger partial charge in [0.25, 0.3) is 11.2 Å². The second-order valence-corrected chi connectivity index (χ2v) is 11.9. The van der Waals surface area contributed by atoms with Gasteiger partial charge in [0.15, 0.2) is 16.3 Å². The fourth-order valence-electron chi connectivity index (χ4n) is 5.14. The maximum absolute atomic E-state index is 14.0. The molecule has 12 heteroatoms. The first-order valence-corrected chi connectivity index (χ1v) is 16.0. The number of hydrogen-bond acceptors (Lipinski definition) is 10. The molecule has 0 aliphatic carbocycles. The molecule has 0 spiro atoms. The van der Waals surface area contributed by atoms with Crippen LogP contribution in [-0.4, -0.2) is 34.8 Å². The predicted octanol–water partition coefficient (Wildman–Crippen LogP) is 5.47. The molecule has 2 heterocycles. The SMILES string of the molecule is CCOC(=O)C1=C(C)N=c2s/c(=C\c3ccc(OCc4ccc([N+](=O)[O-])cc4)c(OCC)c3)c(=O)n2[C@H]1c1ccc(OC(C)C)cc1. The zero-order valence-corrected chi connectivity index (χ0v) is 27.5. The molecule has 1 aliphatic rings. The van der Waals surface area contributed by atoms with Gasteiger partial charge in [-0.2, -0.15) is 0 Å². The molecule has 47 heavy (non-hydrogen) atoms. The predicted molar refractivity (Wildman–Crippen MR) is 178 cm³/mol. The van der Waals surface area contributed by atoms with Crippen LogP contribution in [0.15, 0.2) is 87.8 Å². The van der Waals surface area contributed by atoms with Crippen molar-refractivity contribution in [3.8, 4) is 17.2 Å². The van der Waals surface area contributed by atoms with Gasteiger partial charge in [0.05, 0.1) is 46.1 Å². The molecule has 3 aromatic carbocycles. The van der Waals surface area contributed by atoms with E-state index in [0.717, 1.165) is 11.1 Å². The number of non-ortho nitro benzene ring substituents is 1. The van der Waals surface area contributed by atoms with E-state index in [4.69, 9.17) is 18.9 Å². The Morgan fingerprint density at radius 1 is 1.02 bits per heavy atom. The van der Waals surface area contributed by atoms with Crippen molar-refractivity contribution in [1.29, 1.82) is 0 Å². The Hall–Kier alpha value is -5.23. The molecule has 1 aromatic heterocycles. The van der Waals surface area contributed by atoms with Crippen molar-refractivity contribution in [2.24, 2.45) is 4.99 Å². The molecule has 244 valence electrons. The number of ether oxygens (including phenoxy) is 4. The van der Waals surface area contributed by atoms with Crippen LogP contribution in [0, 0.1) is 10.1 Å². The molecule has 0 unspecified atom stereocenters. The van der Waals surface area contributed by atoms with Gasteiger partial charge in [-0.05, 0) is 93.8 Å². The van der Waals surface area contributed by atoms with E-state index in [2.05, 4.69) is 4.99 Å². The van der Waals surface area contributed by atoms with Gasteiger partial charge in [-0.15, -0.1) is 0 Å². The Morgan fingerprint density at radius 3 is 2.38 bits per heavy atom. The highest BCUT2D eigenvalue weighted by Gasteiger charge is 2.33. The number of nitro groups is 1. The number of nitro benzene ring substituents is 1. The minimum Gasteiger partial charge on any atom is -0.491 e. The number of carbonyl (C=O) groups is 1. The molecular weight excluding hydrogens is 622 g/mol. The molecule has 0 N–H and O–H groups in total. The van der Waals surface area contributed by atoms with E-state index >= 15 is 0 Å². The molecular formula is C35H35N3O8S. The number of esters is 1. The van der Waals surface area contributed by atoms with Crippen molar-refractivity contribution in [3.63, 3.8) is 0 Å². The summed E-state index contributed by atoms with van der Waals surface area (Å²) in [7, 11) is 0. The van der Waals surface area contributed by atoms with Crippen LogP contribution in [0.5, 0.6) is 17.2 Å². The summed E-state index contributed by atoms with van der Waals surface area (Å²) in [6, 6.07) is 18.1. The number of carbonyl (C=O) groups excluding carboxylic acids is 1. The minimum atomic E-state index is -0.741. The molecule has 1 atom stereocenters. The average Bonchev–Trinajstić information content (AvgIpc) is 3.34. The van der Waals surface area contributed by atoms with Crippen LogP contribution in [0.3, 0.4) is 0 Å². The van der Waals surface area contributed by atoms with Gasteiger partial charge in [0.2, 0.25) is 0 Å². The lowest BCUT2D eigenvalue weighted by Gasteiger charge is -2.25. The van der Waals surface area contributed by atoms with Gasteiger partial charge in [0, 0.05) is 12.1 Å². The highest BCUT2D eigenvalue weighted by Crippen LogP contribution is 2.32. The van der Waals surface area contributed by atoms with Gasteiger partial charge in [-0.3, -0.25) is 19.5 Å². The highest BCUT2D eigenvalue weighted by atomic mass is 32.1. The molecule has 0 amide bonds. The van der Waals surface area contributed by atoms with Crippen LogP contribution < -0.4 is 29.1 Å². The van der Waals surface area contributed by atoms with Crippen LogP contribution in [0.25, 0.3) is 6.08 Å². The first-order valence-electron chi connectivity index (χ1n) is 15.2. The standard InChI is InChI=1S/C35H35N3O8S/c1-6-43-29-18-24(10-17-28(29)45-20-23-8-13-26(14-9-23)38(41)42)19-30-33(39)37-32(25-11-15-27(16-12-25)46-21(3)4)31(34(40)44-7-2)22(5)36-35(37)47-30/h8-19,21,32H,6-7,20H2,1-5H3/b30-19-/t32-/m0/s1. The molecule has 0 fully saturated rings. The lowest BCUT2D eigenvalue weighted by atomic mass is 9.96. The van der Waals surface area contributed by atoms with Gasteiger partial charge >= 0.3 is 5.97 Å². The number of thiazole rings is 1. The van der Waals surface area contributed by atoms with Crippen LogP contribution >= 0.6 is 11.3 Å². The lowest BCUT2D eigenvalue weighted by Crippen LogP contribution is -2.39. The Morgan fingerprint density at radius 2 is 1.74 bits per heavy atom. The number of fused-ring (bicyclic) bond motifs is 1. The number of allylic oxidation sites excluding steroid dienone is 1. The summed E-state index contributed by atoms with van der Waals surface area (Å²) < 4.78 is 25.0. The summed E-state index contributed by atoms with van der Waals surface area (Å²) in [5.74, 6) is 1.13. The number of benzene rings is 3. The van der Waals surface area contributed by atoms with Crippen molar-refractivity contribution in [1.82, 2.24) is 4.57 Å². The smallest absolute Gasteiger partial charge is 0.338 e. The first-order chi connectivity index (χ1) is 22.6. The van der Waals surface area contributed by atoms with Gasteiger partial charge in [0.1, 0.15) is 12.4 Å². The Labute approximate surface area is 275 Å². The van der Waals surface area contributed by atoms with Crippen molar-refractivity contribution in [2.75, 3.05) is 13.2 Å². The second kappa shape index (κ2) is 14.5. The van der Waals surface area contributed by atoms with E-state index < -0.39 is 16.9 Å². The first kappa shape index (κ1) is 33.1. The monoisotopic (exact) mass is 657 g/mol. The second-order valence-electron chi connectivity index (χ2n) is 10.9. The van der Waals surface area contributed by atoms with Gasteiger partial charge in [-0.25, -0.2) is 9.79 Å². The zero-order valence-electron chi connectivity index (χ0n) is 26.7. The maximum atomic E-state index is 14.0. The fraction of sp³-hybridized carbons (Fsp3) is 0.286. The third kappa shape index (κ3) is 7.44. The number of aromatic nitrogens is 1. The van der Waals surface area contributed by atoms with Crippen LogP contribution in [0.4, 0.5) is 5.69 Å². The maximum Gasteiger partial charge on any atom is 0.338 e. The van der Waals surface area contributed by atoms with E-state index in [1.165, 1.54) is 23.5 Å². The average molecular weight is 658 g/mol. The minimum absolute atomic E-state index is 0.00493. The van der Waals surface area contributed by atoms with Crippen molar-refractivity contribution in [3.05, 3.63) is 124 Å². The molecule has 0 saturated heterocycles. The summed E-state index contributed by atoms with van der Waals surface area (Å²) >= 11 is 1.23. The van der Waals surface area contributed by atoms with E-state index in [-0.39, 0.29) is 30.6 Å². The zero-order chi connectivity index (χ0) is 33.7. The number of hydrogen-bond donors (Lipinski definition) is 0. The highest BCUT2D eigenvalue weighted by molar-refractivity contribution is 7.07. The van der Waals surface area contributed by atoms with Gasteiger partial charge < -0.3 is 18.9 Å². The molecule has 5 rings (SSSR count). The topological polar surface area (TPSA) is 131 Å². The van der Waals surface area contributed by atoms with Crippen molar-refractivity contribution in [2.45, 2.75) is 53.4 Å². The number of rotatable bonds is 12.